The van der Waals surface area contributed by atoms with Gasteiger partial charge in [-0.3, -0.25) is 14.4 Å². The fraction of sp³-hybridized carbons (Fsp3) is 0.323. The Bertz CT molecular complexity index is 1390. The second-order valence-electron chi connectivity index (χ2n) is 10.1. The lowest BCUT2D eigenvalue weighted by Gasteiger charge is -2.30. The van der Waals surface area contributed by atoms with Gasteiger partial charge in [-0.25, -0.2) is 8.78 Å². The Labute approximate surface area is 242 Å². The van der Waals surface area contributed by atoms with Crippen LogP contribution in [0.3, 0.4) is 0 Å². The zero-order chi connectivity index (χ0) is 29.5. The molecule has 4 atom stereocenters. The van der Waals surface area contributed by atoms with Crippen molar-refractivity contribution in [3.05, 3.63) is 107 Å². The summed E-state index contributed by atoms with van der Waals surface area (Å²) >= 11 is 1.42. The molecule has 1 aliphatic heterocycles. The van der Waals surface area contributed by atoms with Crippen molar-refractivity contribution < 1.29 is 28.3 Å². The Morgan fingerprint density at radius 1 is 1.02 bits per heavy atom. The van der Waals surface area contributed by atoms with Gasteiger partial charge in [0, 0.05) is 17.4 Å². The average molecular weight is 582 g/mol. The Balaban J connectivity index is 1.49. The molecule has 3 amide bonds. The minimum Gasteiger partial charge on any atom is -0.381 e. The third-order valence-electron chi connectivity index (χ3n) is 7.16. The van der Waals surface area contributed by atoms with E-state index in [0.717, 1.165) is 34.9 Å². The van der Waals surface area contributed by atoms with E-state index in [2.05, 4.69) is 10.6 Å². The first kappa shape index (κ1) is 30.2. The highest BCUT2D eigenvalue weighted by molar-refractivity contribution is 8.00. The summed E-state index contributed by atoms with van der Waals surface area (Å²) in [6.07, 6.45) is -2.06. The van der Waals surface area contributed by atoms with Crippen molar-refractivity contribution in [2.45, 2.75) is 56.7 Å². The van der Waals surface area contributed by atoms with Gasteiger partial charge in [0.25, 0.3) is 5.91 Å². The van der Waals surface area contributed by atoms with E-state index in [1.54, 1.807) is 24.3 Å². The molecule has 1 heterocycles. The molecule has 0 aromatic heterocycles. The molecule has 3 aromatic carbocycles. The number of carbonyl (C=O) groups excluding carboxylic acids is 3. The van der Waals surface area contributed by atoms with Crippen LogP contribution in [-0.2, 0) is 33.8 Å². The van der Waals surface area contributed by atoms with E-state index < -0.39 is 48.1 Å². The van der Waals surface area contributed by atoms with Crippen molar-refractivity contribution in [2.75, 3.05) is 5.88 Å². The summed E-state index contributed by atoms with van der Waals surface area (Å²) in [4.78, 5) is 41.1. The van der Waals surface area contributed by atoms with Crippen molar-refractivity contribution >= 4 is 29.5 Å². The van der Waals surface area contributed by atoms with Gasteiger partial charge in [-0.05, 0) is 48.2 Å². The van der Waals surface area contributed by atoms with Gasteiger partial charge >= 0.3 is 0 Å². The van der Waals surface area contributed by atoms with Gasteiger partial charge in [-0.1, -0.05) is 61.5 Å². The van der Waals surface area contributed by atoms with Crippen LogP contribution >= 0.6 is 11.8 Å². The Hall–Kier alpha value is -3.76. The van der Waals surface area contributed by atoms with Gasteiger partial charge in [0.1, 0.15) is 17.7 Å². The zero-order valence-electron chi connectivity index (χ0n) is 22.8. The van der Waals surface area contributed by atoms with Crippen molar-refractivity contribution in [1.29, 1.82) is 0 Å². The largest absolute Gasteiger partial charge is 0.381 e. The maximum Gasteiger partial charge on any atom is 0.254 e. The molecule has 1 unspecified atom stereocenters. The molecular weight excluding hydrogens is 548 g/mol. The molecule has 41 heavy (non-hydrogen) atoms. The molecule has 0 radical (unpaired) electrons. The molecule has 1 aliphatic rings. The predicted molar refractivity (Wildman–Crippen MR) is 154 cm³/mol. The van der Waals surface area contributed by atoms with E-state index in [-0.39, 0.29) is 29.0 Å². The van der Waals surface area contributed by atoms with Gasteiger partial charge < -0.3 is 20.6 Å². The standard InChI is InChI=1S/C31H33F2N3O4S/c1-19-8-6-7-11-22(19)17-34-30(39)28-20(2)41-18-36(28)31(40)29(38)26(14-21-9-4-3-5-10-21)35-27(37)16-23-15-24(32)12-13-25(23)33/h3-13,15,20,26,28-29,38H,14,16-18H2,1-2H3,(H,34,39)(H,35,37)/t20?,26-,28-,29-/m0/s1. The van der Waals surface area contributed by atoms with Gasteiger partial charge in [0.05, 0.1) is 18.3 Å². The van der Waals surface area contributed by atoms with Crippen molar-refractivity contribution in [3.63, 3.8) is 0 Å². The lowest BCUT2D eigenvalue weighted by Crippen LogP contribution is -2.57. The predicted octanol–water partition coefficient (Wildman–Crippen LogP) is 3.51. The molecule has 3 N–H and O–H groups in total. The SMILES string of the molecule is Cc1ccccc1CNC(=O)[C@@H]1C(C)SCN1C(=O)[C@@H](O)[C@H](Cc1ccccc1)NC(=O)Cc1cc(F)ccc1F. The second kappa shape index (κ2) is 13.7. The van der Waals surface area contributed by atoms with Crippen LogP contribution in [0.15, 0.2) is 72.8 Å². The molecule has 0 aliphatic carbocycles. The first-order chi connectivity index (χ1) is 19.6. The van der Waals surface area contributed by atoms with Crippen LogP contribution in [0, 0.1) is 18.6 Å². The molecule has 0 saturated carbocycles. The van der Waals surface area contributed by atoms with E-state index >= 15 is 0 Å². The van der Waals surface area contributed by atoms with Crippen LogP contribution < -0.4 is 10.6 Å². The third kappa shape index (κ3) is 7.71. The van der Waals surface area contributed by atoms with Gasteiger partial charge in [-0.15, -0.1) is 11.8 Å². The molecule has 1 fully saturated rings. The van der Waals surface area contributed by atoms with E-state index in [0.29, 0.717) is 6.54 Å². The minimum absolute atomic E-state index is 0.103. The Morgan fingerprint density at radius 3 is 2.46 bits per heavy atom. The van der Waals surface area contributed by atoms with Gasteiger partial charge in [-0.2, -0.15) is 0 Å². The number of nitrogens with zero attached hydrogens (tertiary/aromatic N) is 1. The lowest BCUT2D eigenvalue weighted by molar-refractivity contribution is -0.147. The van der Waals surface area contributed by atoms with Gasteiger partial charge in [0.15, 0.2) is 6.10 Å². The molecule has 4 rings (SSSR count). The van der Waals surface area contributed by atoms with Crippen LogP contribution in [0.2, 0.25) is 0 Å². The number of rotatable bonds is 10. The first-order valence-electron chi connectivity index (χ1n) is 13.3. The molecule has 10 heteroatoms. The molecular formula is C31H33F2N3O4S. The summed E-state index contributed by atoms with van der Waals surface area (Å²) in [5, 5.41) is 16.6. The summed E-state index contributed by atoms with van der Waals surface area (Å²) in [7, 11) is 0. The molecule has 0 spiro atoms. The summed E-state index contributed by atoms with van der Waals surface area (Å²) in [6.45, 7) is 4.10. The molecule has 1 saturated heterocycles. The van der Waals surface area contributed by atoms with Crippen LogP contribution in [0.4, 0.5) is 8.78 Å². The number of thioether (sulfide) groups is 1. The van der Waals surface area contributed by atoms with E-state index in [4.69, 9.17) is 0 Å². The van der Waals surface area contributed by atoms with Crippen LogP contribution in [-0.4, -0.2) is 57.0 Å². The Kier molecular flexibility index (Phi) is 10.1. The number of amides is 3. The number of hydrogen-bond acceptors (Lipinski definition) is 5. The number of halogens is 2. The third-order valence-corrected chi connectivity index (χ3v) is 8.37. The summed E-state index contributed by atoms with van der Waals surface area (Å²) in [5.41, 5.74) is 2.59. The quantitative estimate of drug-likeness (QED) is 0.341. The lowest BCUT2D eigenvalue weighted by atomic mass is 9.99. The topological polar surface area (TPSA) is 98.7 Å². The summed E-state index contributed by atoms with van der Waals surface area (Å²) in [6, 6.07) is 17.6. The number of benzene rings is 3. The van der Waals surface area contributed by atoms with Crippen LogP contribution in [0.1, 0.15) is 29.2 Å². The number of hydrogen-bond donors (Lipinski definition) is 3. The van der Waals surface area contributed by atoms with E-state index in [1.807, 2.05) is 44.2 Å². The fourth-order valence-corrected chi connectivity index (χ4v) is 5.97. The Morgan fingerprint density at radius 2 is 1.73 bits per heavy atom. The molecule has 7 nitrogen and oxygen atoms in total. The first-order valence-corrected chi connectivity index (χ1v) is 14.4. The smallest absolute Gasteiger partial charge is 0.254 e. The highest BCUT2D eigenvalue weighted by Crippen LogP contribution is 2.30. The molecule has 216 valence electrons. The normalized spacial score (nSPS) is 18.0. The van der Waals surface area contributed by atoms with Crippen molar-refractivity contribution in [1.82, 2.24) is 15.5 Å². The maximum absolute atomic E-state index is 14.2. The number of nitrogens with one attached hydrogen (secondary N) is 2. The average Bonchev–Trinajstić information content (AvgIpc) is 3.35. The minimum atomic E-state index is -1.69. The molecule has 3 aromatic rings. The summed E-state index contributed by atoms with van der Waals surface area (Å²) in [5.74, 6) is -2.94. The van der Waals surface area contributed by atoms with Gasteiger partial charge in [0.2, 0.25) is 11.8 Å². The van der Waals surface area contributed by atoms with Crippen molar-refractivity contribution in [3.8, 4) is 0 Å². The van der Waals surface area contributed by atoms with Crippen LogP contribution in [0.5, 0.6) is 0 Å². The zero-order valence-corrected chi connectivity index (χ0v) is 23.7. The maximum atomic E-state index is 14.2. The van der Waals surface area contributed by atoms with Crippen LogP contribution in [0.25, 0.3) is 0 Å². The monoisotopic (exact) mass is 581 g/mol. The highest BCUT2D eigenvalue weighted by atomic mass is 32.2. The highest BCUT2D eigenvalue weighted by Gasteiger charge is 2.43. The number of carbonyl (C=O) groups is 3. The number of aryl methyl sites for hydroxylation is 1. The van der Waals surface area contributed by atoms with Crippen molar-refractivity contribution in [2.24, 2.45) is 0 Å². The number of aliphatic hydroxyl groups is 1. The fourth-order valence-electron chi connectivity index (χ4n) is 4.83. The summed E-state index contributed by atoms with van der Waals surface area (Å²) < 4.78 is 27.8. The van der Waals surface area contributed by atoms with E-state index in [1.165, 1.54) is 16.7 Å². The molecule has 0 bridgehead atoms. The number of aliphatic hydroxyl groups excluding tert-OH is 1. The second-order valence-corrected chi connectivity index (χ2v) is 11.5. The van der Waals surface area contributed by atoms with E-state index in [9.17, 15) is 28.3 Å².